The molecule has 6 nitrogen and oxygen atoms in total. The molecule has 0 spiro atoms. The number of amides is 2. The number of nitrogens with zero attached hydrogens (tertiary/aromatic N) is 3. The molecule has 0 atom stereocenters. The summed E-state index contributed by atoms with van der Waals surface area (Å²) in [5.74, 6) is 0.531. The van der Waals surface area contributed by atoms with E-state index in [-0.39, 0.29) is 11.8 Å². The van der Waals surface area contributed by atoms with E-state index < -0.39 is 0 Å². The molecule has 0 bridgehead atoms. The van der Waals surface area contributed by atoms with E-state index in [2.05, 4.69) is 15.5 Å². The van der Waals surface area contributed by atoms with Gasteiger partial charge < -0.3 is 4.90 Å². The number of carbonyl (C=O) groups excluding carboxylic acids is 2. The van der Waals surface area contributed by atoms with Gasteiger partial charge in [0.25, 0.3) is 5.91 Å². The van der Waals surface area contributed by atoms with E-state index in [9.17, 15) is 9.59 Å². The predicted octanol–water partition coefficient (Wildman–Crippen LogP) is 2.79. The van der Waals surface area contributed by atoms with Gasteiger partial charge in [0.1, 0.15) is 5.01 Å². The zero-order valence-electron chi connectivity index (χ0n) is 13.2. The van der Waals surface area contributed by atoms with E-state index in [4.69, 9.17) is 0 Å². The Hall–Kier alpha value is -2.28. The van der Waals surface area contributed by atoms with Crippen molar-refractivity contribution in [2.75, 3.05) is 11.9 Å². The lowest BCUT2D eigenvalue weighted by molar-refractivity contribution is -0.128. The lowest BCUT2D eigenvalue weighted by Crippen LogP contribution is -2.24. The van der Waals surface area contributed by atoms with E-state index in [1.165, 1.54) is 24.2 Å². The van der Waals surface area contributed by atoms with Gasteiger partial charge in [-0.2, -0.15) is 0 Å². The summed E-state index contributed by atoms with van der Waals surface area (Å²) < 4.78 is 0. The van der Waals surface area contributed by atoms with Gasteiger partial charge in [0.15, 0.2) is 0 Å². The summed E-state index contributed by atoms with van der Waals surface area (Å²) in [7, 11) is 0. The second-order valence-corrected chi connectivity index (χ2v) is 7.30. The van der Waals surface area contributed by atoms with E-state index in [0.717, 1.165) is 23.5 Å². The molecule has 0 radical (unpaired) electrons. The first-order valence-electron chi connectivity index (χ1n) is 8.20. The van der Waals surface area contributed by atoms with Crippen molar-refractivity contribution in [3.8, 4) is 0 Å². The van der Waals surface area contributed by atoms with Crippen LogP contribution in [0, 0.1) is 0 Å². The van der Waals surface area contributed by atoms with Crippen molar-refractivity contribution in [3.05, 3.63) is 40.4 Å². The first-order valence-corrected chi connectivity index (χ1v) is 9.02. The number of aromatic nitrogens is 2. The molecule has 2 fully saturated rings. The Kier molecular flexibility index (Phi) is 4.02. The summed E-state index contributed by atoms with van der Waals surface area (Å²) in [5, 5.41) is 12.5. The maximum absolute atomic E-state index is 12.4. The van der Waals surface area contributed by atoms with E-state index >= 15 is 0 Å². The molecule has 2 heterocycles. The van der Waals surface area contributed by atoms with Crippen LogP contribution in [0.4, 0.5) is 5.13 Å². The van der Waals surface area contributed by atoms with Crippen LogP contribution in [-0.2, 0) is 11.3 Å². The molecular formula is C17H18N4O2S. The number of benzene rings is 1. The van der Waals surface area contributed by atoms with Gasteiger partial charge in [-0.05, 0) is 37.0 Å². The van der Waals surface area contributed by atoms with Crippen molar-refractivity contribution in [3.63, 3.8) is 0 Å². The van der Waals surface area contributed by atoms with Crippen molar-refractivity contribution in [2.24, 2.45) is 0 Å². The summed E-state index contributed by atoms with van der Waals surface area (Å²) in [5.41, 5.74) is 1.54. The SMILES string of the molecule is O=C(Nc1nnc(C2CC2)s1)c1cccc(CN2CCCC2=O)c1. The molecule has 2 amide bonds. The molecule has 24 heavy (non-hydrogen) atoms. The van der Waals surface area contributed by atoms with Crippen LogP contribution in [0.15, 0.2) is 24.3 Å². The molecule has 1 aromatic heterocycles. The Morgan fingerprint density at radius 1 is 1.33 bits per heavy atom. The summed E-state index contributed by atoms with van der Waals surface area (Å²) in [6.07, 6.45) is 3.87. The normalized spacial score (nSPS) is 17.3. The molecule has 1 saturated heterocycles. The number of hydrogen-bond acceptors (Lipinski definition) is 5. The van der Waals surface area contributed by atoms with Crippen LogP contribution in [0.2, 0.25) is 0 Å². The van der Waals surface area contributed by atoms with Gasteiger partial charge in [0.05, 0.1) is 0 Å². The van der Waals surface area contributed by atoms with Crippen LogP contribution in [0.5, 0.6) is 0 Å². The van der Waals surface area contributed by atoms with Crippen molar-refractivity contribution in [1.29, 1.82) is 0 Å². The van der Waals surface area contributed by atoms with E-state index in [0.29, 0.717) is 29.6 Å². The van der Waals surface area contributed by atoms with Crippen molar-refractivity contribution < 1.29 is 9.59 Å². The number of nitrogens with one attached hydrogen (secondary N) is 1. The van der Waals surface area contributed by atoms with Gasteiger partial charge in [-0.3, -0.25) is 14.9 Å². The first kappa shape index (κ1) is 15.3. The highest BCUT2D eigenvalue weighted by molar-refractivity contribution is 7.15. The third-order valence-corrected chi connectivity index (χ3v) is 5.32. The van der Waals surface area contributed by atoms with Crippen molar-refractivity contribution in [1.82, 2.24) is 15.1 Å². The highest BCUT2D eigenvalue weighted by atomic mass is 32.1. The van der Waals surface area contributed by atoms with Crippen LogP contribution in [0.3, 0.4) is 0 Å². The first-order chi connectivity index (χ1) is 11.7. The monoisotopic (exact) mass is 342 g/mol. The second kappa shape index (κ2) is 6.32. The molecule has 7 heteroatoms. The van der Waals surface area contributed by atoms with Gasteiger partial charge >= 0.3 is 0 Å². The smallest absolute Gasteiger partial charge is 0.257 e. The third kappa shape index (κ3) is 3.31. The number of anilines is 1. The van der Waals surface area contributed by atoms with E-state index in [1.807, 2.05) is 23.1 Å². The molecule has 1 aromatic carbocycles. The molecule has 0 unspecified atom stereocenters. The molecule has 1 aliphatic heterocycles. The molecule has 124 valence electrons. The zero-order chi connectivity index (χ0) is 16.5. The molecule has 4 rings (SSSR count). The van der Waals surface area contributed by atoms with Crippen molar-refractivity contribution >= 4 is 28.3 Å². The highest BCUT2D eigenvalue weighted by Crippen LogP contribution is 2.42. The van der Waals surface area contributed by atoms with Crippen LogP contribution >= 0.6 is 11.3 Å². The lowest BCUT2D eigenvalue weighted by atomic mass is 10.1. The average molecular weight is 342 g/mol. The summed E-state index contributed by atoms with van der Waals surface area (Å²) in [6, 6.07) is 7.40. The molecule has 1 N–H and O–H groups in total. The summed E-state index contributed by atoms with van der Waals surface area (Å²) in [6.45, 7) is 1.36. The van der Waals surface area contributed by atoms with Gasteiger partial charge in [0, 0.05) is 31.0 Å². The number of likely N-dealkylation sites (tertiary alicyclic amines) is 1. The Morgan fingerprint density at radius 3 is 2.96 bits per heavy atom. The fourth-order valence-corrected chi connectivity index (χ4v) is 3.76. The quantitative estimate of drug-likeness (QED) is 0.906. The number of hydrogen-bond donors (Lipinski definition) is 1. The third-order valence-electron chi connectivity index (χ3n) is 4.32. The van der Waals surface area contributed by atoms with Gasteiger partial charge in [-0.1, -0.05) is 23.5 Å². The molecule has 2 aliphatic rings. The van der Waals surface area contributed by atoms with Gasteiger partial charge in [-0.25, -0.2) is 0 Å². The zero-order valence-corrected chi connectivity index (χ0v) is 14.0. The van der Waals surface area contributed by atoms with Crippen LogP contribution in [-0.4, -0.2) is 33.5 Å². The minimum Gasteiger partial charge on any atom is -0.338 e. The largest absolute Gasteiger partial charge is 0.338 e. The lowest BCUT2D eigenvalue weighted by Gasteiger charge is -2.15. The topological polar surface area (TPSA) is 75.2 Å². The summed E-state index contributed by atoms with van der Waals surface area (Å²) in [4.78, 5) is 26.0. The molecular weight excluding hydrogens is 324 g/mol. The fourth-order valence-electron chi connectivity index (χ4n) is 2.85. The second-order valence-electron chi connectivity index (χ2n) is 6.29. The predicted molar refractivity (Wildman–Crippen MR) is 90.9 cm³/mol. The number of carbonyl (C=O) groups is 2. The molecule has 1 saturated carbocycles. The number of rotatable bonds is 5. The maximum Gasteiger partial charge on any atom is 0.257 e. The standard InChI is InChI=1S/C17H18N4O2S/c22-14-5-2-8-21(14)10-11-3-1-4-13(9-11)15(23)18-17-20-19-16(24-17)12-6-7-12/h1,3-4,9,12H,2,5-8,10H2,(H,18,20,23). The highest BCUT2D eigenvalue weighted by Gasteiger charge is 2.27. The Labute approximate surface area is 143 Å². The van der Waals surface area contributed by atoms with Crippen molar-refractivity contribution in [2.45, 2.75) is 38.1 Å². The van der Waals surface area contributed by atoms with Gasteiger partial charge in [-0.15, -0.1) is 10.2 Å². The van der Waals surface area contributed by atoms with Crippen LogP contribution < -0.4 is 5.32 Å². The van der Waals surface area contributed by atoms with Crippen LogP contribution in [0.1, 0.15) is 52.5 Å². The van der Waals surface area contributed by atoms with Crippen LogP contribution in [0.25, 0.3) is 0 Å². The Morgan fingerprint density at radius 2 is 2.21 bits per heavy atom. The molecule has 2 aromatic rings. The maximum atomic E-state index is 12.4. The average Bonchev–Trinajstić information content (AvgIpc) is 3.21. The fraction of sp³-hybridized carbons (Fsp3) is 0.412. The summed E-state index contributed by atoms with van der Waals surface area (Å²) >= 11 is 1.45. The molecule has 1 aliphatic carbocycles. The minimum absolute atomic E-state index is 0.186. The Bertz CT molecular complexity index is 784. The Balaban J connectivity index is 1.43. The van der Waals surface area contributed by atoms with Gasteiger partial charge in [0.2, 0.25) is 11.0 Å². The van der Waals surface area contributed by atoms with E-state index in [1.54, 1.807) is 6.07 Å². The minimum atomic E-state index is -0.192.